The van der Waals surface area contributed by atoms with Gasteiger partial charge in [-0.3, -0.25) is 0 Å². The molecule has 0 saturated carbocycles. The van der Waals surface area contributed by atoms with Crippen molar-refractivity contribution in [3.05, 3.63) is 36.8 Å². The zero-order valence-electron chi connectivity index (χ0n) is 7.83. The van der Waals surface area contributed by atoms with E-state index in [0.717, 1.165) is 18.6 Å². The van der Waals surface area contributed by atoms with Gasteiger partial charge in [0.15, 0.2) is 0 Å². The van der Waals surface area contributed by atoms with Gasteiger partial charge in [-0.05, 0) is 24.5 Å². The maximum Gasteiger partial charge on any atom is 0.122 e. The van der Waals surface area contributed by atoms with Crippen LogP contribution in [-0.4, -0.2) is 13.2 Å². The molecule has 1 radical (unpaired) electrons. The van der Waals surface area contributed by atoms with Crippen LogP contribution in [0, 0.1) is 6.92 Å². The molecule has 0 heterocycles. The van der Waals surface area contributed by atoms with E-state index in [1.165, 1.54) is 5.56 Å². The third-order valence-corrected chi connectivity index (χ3v) is 1.79. The van der Waals surface area contributed by atoms with E-state index in [2.05, 4.69) is 13.0 Å². The molecule has 1 aromatic carbocycles. The summed E-state index contributed by atoms with van der Waals surface area (Å²) in [6.07, 6.45) is 1.85. The molecule has 0 saturated heterocycles. The average molecular weight is 178 g/mol. The van der Waals surface area contributed by atoms with E-state index >= 15 is 0 Å². The molecule has 2 heteroatoms. The third kappa shape index (κ3) is 3.07. The second kappa shape index (κ2) is 5.60. The standard InChI is InChI=1S/C11H16NO/c1-2-5-10-6-3-4-7-11(10)13-9-8-12/h3-4,6-7H,1-2,5,8-9,12H2. The summed E-state index contributed by atoms with van der Waals surface area (Å²) in [4.78, 5) is 0. The first-order valence-electron chi connectivity index (χ1n) is 4.58. The van der Waals surface area contributed by atoms with Gasteiger partial charge < -0.3 is 10.5 Å². The van der Waals surface area contributed by atoms with Crippen LogP contribution < -0.4 is 10.5 Å². The Morgan fingerprint density at radius 2 is 2.08 bits per heavy atom. The molecule has 0 amide bonds. The first-order valence-corrected chi connectivity index (χ1v) is 4.58. The minimum absolute atomic E-state index is 0.554. The van der Waals surface area contributed by atoms with Crippen molar-refractivity contribution in [3.63, 3.8) is 0 Å². The molecule has 2 N–H and O–H groups in total. The molecule has 13 heavy (non-hydrogen) atoms. The summed E-state index contributed by atoms with van der Waals surface area (Å²) in [5, 5.41) is 0. The molecular formula is C11H16NO. The average Bonchev–Trinajstić information content (AvgIpc) is 2.17. The number of ether oxygens (including phenoxy) is 1. The smallest absolute Gasteiger partial charge is 0.122 e. The van der Waals surface area contributed by atoms with Crippen LogP contribution >= 0.6 is 0 Å². The summed E-state index contributed by atoms with van der Waals surface area (Å²) in [7, 11) is 0. The number of para-hydroxylation sites is 1. The first kappa shape index (κ1) is 10.1. The minimum Gasteiger partial charge on any atom is -0.492 e. The Morgan fingerprint density at radius 1 is 1.31 bits per heavy atom. The van der Waals surface area contributed by atoms with Crippen molar-refractivity contribution in [1.29, 1.82) is 0 Å². The van der Waals surface area contributed by atoms with Gasteiger partial charge in [-0.2, -0.15) is 0 Å². The molecule has 2 nitrogen and oxygen atoms in total. The monoisotopic (exact) mass is 178 g/mol. The molecule has 0 atom stereocenters. The van der Waals surface area contributed by atoms with E-state index in [4.69, 9.17) is 10.5 Å². The van der Waals surface area contributed by atoms with E-state index in [1.807, 2.05) is 18.2 Å². The maximum atomic E-state index is 5.49. The molecule has 0 aliphatic heterocycles. The van der Waals surface area contributed by atoms with Crippen molar-refractivity contribution in [1.82, 2.24) is 0 Å². The highest BCUT2D eigenvalue weighted by molar-refractivity contribution is 5.33. The highest BCUT2D eigenvalue weighted by atomic mass is 16.5. The molecule has 0 spiro atoms. The fourth-order valence-corrected chi connectivity index (χ4v) is 1.21. The number of benzene rings is 1. The molecular weight excluding hydrogens is 162 g/mol. The van der Waals surface area contributed by atoms with Gasteiger partial charge in [-0.25, -0.2) is 0 Å². The molecule has 1 rings (SSSR count). The highest BCUT2D eigenvalue weighted by Gasteiger charge is 2.00. The van der Waals surface area contributed by atoms with Gasteiger partial charge in [0, 0.05) is 6.54 Å². The number of hydrogen-bond acceptors (Lipinski definition) is 2. The van der Waals surface area contributed by atoms with Gasteiger partial charge in [-0.15, -0.1) is 0 Å². The second-order valence-corrected chi connectivity index (χ2v) is 2.85. The lowest BCUT2D eigenvalue weighted by molar-refractivity contribution is 0.325. The van der Waals surface area contributed by atoms with E-state index in [1.54, 1.807) is 0 Å². The zero-order chi connectivity index (χ0) is 9.52. The van der Waals surface area contributed by atoms with E-state index in [9.17, 15) is 0 Å². The van der Waals surface area contributed by atoms with Crippen LogP contribution in [0.5, 0.6) is 5.75 Å². The van der Waals surface area contributed by atoms with Crippen molar-refractivity contribution in [2.75, 3.05) is 13.2 Å². The van der Waals surface area contributed by atoms with Crippen molar-refractivity contribution < 1.29 is 4.74 Å². The molecule has 0 aliphatic rings. The molecule has 0 aliphatic carbocycles. The normalized spacial score (nSPS) is 10.0. The minimum atomic E-state index is 0.554. The summed E-state index contributed by atoms with van der Waals surface area (Å²) in [6.45, 7) is 4.95. The lowest BCUT2D eigenvalue weighted by Gasteiger charge is -2.09. The van der Waals surface area contributed by atoms with E-state index in [-0.39, 0.29) is 0 Å². The van der Waals surface area contributed by atoms with Crippen LogP contribution in [-0.2, 0) is 6.42 Å². The fraction of sp³-hybridized carbons (Fsp3) is 0.364. The van der Waals surface area contributed by atoms with Crippen LogP contribution in [0.2, 0.25) is 0 Å². The Hall–Kier alpha value is -1.02. The number of aryl methyl sites for hydroxylation is 1. The van der Waals surface area contributed by atoms with Crippen molar-refractivity contribution in [2.24, 2.45) is 5.73 Å². The SMILES string of the molecule is [CH2]CCc1ccccc1OCCN. The number of hydrogen-bond donors (Lipinski definition) is 1. The number of nitrogens with two attached hydrogens (primary N) is 1. The summed E-state index contributed by atoms with van der Waals surface area (Å²) < 4.78 is 5.49. The van der Waals surface area contributed by atoms with Crippen LogP contribution in [0.3, 0.4) is 0 Å². The van der Waals surface area contributed by atoms with Gasteiger partial charge in [0.1, 0.15) is 12.4 Å². The third-order valence-electron chi connectivity index (χ3n) is 1.79. The molecule has 0 bridgehead atoms. The predicted octanol–water partition coefficient (Wildman–Crippen LogP) is 1.79. The summed E-state index contributed by atoms with van der Waals surface area (Å²) in [5.41, 5.74) is 6.58. The Bertz CT molecular complexity index is 248. The van der Waals surface area contributed by atoms with E-state index < -0.39 is 0 Å². The second-order valence-electron chi connectivity index (χ2n) is 2.85. The lowest BCUT2D eigenvalue weighted by Crippen LogP contribution is -2.11. The highest BCUT2D eigenvalue weighted by Crippen LogP contribution is 2.18. The molecule has 71 valence electrons. The zero-order valence-corrected chi connectivity index (χ0v) is 7.83. The maximum absolute atomic E-state index is 5.49. The van der Waals surface area contributed by atoms with E-state index in [0.29, 0.717) is 13.2 Å². The number of rotatable bonds is 5. The summed E-state index contributed by atoms with van der Waals surface area (Å²) >= 11 is 0. The van der Waals surface area contributed by atoms with Crippen LogP contribution in [0.4, 0.5) is 0 Å². The van der Waals surface area contributed by atoms with Crippen molar-refractivity contribution in [2.45, 2.75) is 12.8 Å². The predicted molar refractivity (Wildman–Crippen MR) is 54.7 cm³/mol. The summed E-state index contributed by atoms with van der Waals surface area (Å²) in [6, 6.07) is 8.02. The lowest BCUT2D eigenvalue weighted by atomic mass is 10.1. The van der Waals surface area contributed by atoms with Gasteiger partial charge >= 0.3 is 0 Å². The van der Waals surface area contributed by atoms with Crippen LogP contribution in [0.15, 0.2) is 24.3 Å². The Morgan fingerprint density at radius 3 is 2.77 bits per heavy atom. The Labute approximate surface area is 79.7 Å². The van der Waals surface area contributed by atoms with Gasteiger partial charge in [-0.1, -0.05) is 25.1 Å². The molecule has 0 fully saturated rings. The van der Waals surface area contributed by atoms with Crippen molar-refractivity contribution >= 4 is 0 Å². The fourth-order valence-electron chi connectivity index (χ4n) is 1.21. The molecule has 0 aromatic heterocycles. The topological polar surface area (TPSA) is 35.2 Å². The Balaban J connectivity index is 2.66. The van der Waals surface area contributed by atoms with Crippen LogP contribution in [0.1, 0.15) is 12.0 Å². The first-order chi connectivity index (χ1) is 6.38. The quantitative estimate of drug-likeness (QED) is 0.746. The Kier molecular flexibility index (Phi) is 4.33. The van der Waals surface area contributed by atoms with Gasteiger partial charge in [0.25, 0.3) is 0 Å². The molecule has 1 aromatic rings. The van der Waals surface area contributed by atoms with Crippen LogP contribution in [0.25, 0.3) is 0 Å². The van der Waals surface area contributed by atoms with Crippen molar-refractivity contribution in [3.8, 4) is 5.75 Å². The molecule has 0 unspecified atom stereocenters. The largest absolute Gasteiger partial charge is 0.492 e. The van der Waals surface area contributed by atoms with Gasteiger partial charge in [0.05, 0.1) is 0 Å². The summed E-state index contributed by atoms with van der Waals surface area (Å²) in [5.74, 6) is 0.941. The van der Waals surface area contributed by atoms with Gasteiger partial charge in [0.2, 0.25) is 0 Å².